The number of nitrogens with one attached hydrogen (secondary N) is 4. The number of benzene rings is 4. The van der Waals surface area contributed by atoms with Gasteiger partial charge in [0.2, 0.25) is 0 Å². The Balaban J connectivity index is 0.000000157. The van der Waals surface area contributed by atoms with Crippen LogP contribution in [0, 0.1) is 22.7 Å². The molecule has 0 aliphatic carbocycles. The minimum Gasteiger partial charge on any atom is -0.339 e. The maximum absolute atomic E-state index is 9.00. The second-order valence-corrected chi connectivity index (χ2v) is 10.6. The molecule has 4 N–H and O–H groups in total. The number of hydrogen-bond acceptors (Lipinski definition) is 12. The number of hydrogen-bond donors (Lipinski definition) is 4. The first-order valence-corrected chi connectivity index (χ1v) is 15.3. The van der Waals surface area contributed by atoms with Gasteiger partial charge in [-0.25, -0.2) is 0 Å². The summed E-state index contributed by atoms with van der Waals surface area (Å²) in [7, 11) is 0. The zero-order chi connectivity index (χ0) is 34.1. The van der Waals surface area contributed by atoms with Gasteiger partial charge in [-0.2, -0.15) is 19.6 Å². The Labute approximate surface area is 285 Å². The molecule has 0 bridgehead atoms. The topological polar surface area (TPSA) is 182 Å². The summed E-state index contributed by atoms with van der Waals surface area (Å²) in [5.74, 6) is 2.33. The molecule has 0 fully saturated rings. The minimum absolute atomic E-state index is 0.474. The van der Waals surface area contributed by atoms with E-state index in [1.165, 1.54) is 0 Å². The first-order valence-electron chi connectivity index (χ1n) is 15.3. The summed E-state index contributed by atoms with van der Waals surface area (Å²) in [5, 5.41) is 56.2. The fraction of sp³-hybridized carbons (Fsp3) is 0. The third kappa shape index (κ3) is 7.25. The molecule has 4 heterocycles. The van der Waals surface area contributed by atoms with Crippen LogP contribution in [0.4, 0.5) is 46.3 Å². The standard InChI is InChI=1S/2C18H13N7/c19-12-13-5-4-8-15(11-13)21-18-23-22-17-10-9-16(24-25(17)18)20-14-6-2-1-3-7-14;19-12-13-6-8-15(9-7-13)21-18-23-22-17-11-10-16(24-25(17)18)20-14-4-2-1-3-5-14/h2*1-11H,(H,20,24)(H,21,23). The molecular weight excluding hydrogens is 628 g/mol. The van der Waals surface area contributed by atoms with Crippen molar-refractivity contribution in [2.75, 3.05) is 21.3 Å². The second-order valence-electron chi connectivity index (χ2n) is 10.6. The lowest BCUT2D eigenvalue weighted by molar-refractivity contribution is 0.941. The summed E-state index contributed by atoms with van der Waals surface area (Å²) in [6.07, 6.45) is 0. The fourth-order valence-corrected chi connectivity index (χ4v) is 4.76. The molecular formula is C36H26N14. The second kappa shape index (κ2) is 14.3. The van der Waals surface area contributed by atoms with Gasteiger partial charge in [-0.15, -0.1) is 30.6 Å². The highest BCUT2D eigenvalue weighted by atomic mass is 15.4. The van der Waals surface area contributed by atoms with Crippen molar-refractivity contribution in [2.24, 2.45) is 0 Å². The number of para-hydroxylation sites is 2. The van der Waals surface area contributed by atoms with E-state index < -0.39 is 0 Å². The van der Waals surface area contributed by atoms with E-state index in [1.54, 1.807) is 39.4 Å². The summed E-state index contributed by atoms with van der Waals surface area (Å²) in [6, 6.07) is 45.4. The van der Waals surface area contributed by atoms with Crippen LogP contribution in [-0.2, 0) is 0 Å². The van der Waals surface area contributed by atoms with Crippen LogP contribution in [0.5, 0.6) is 0 Å². The van der Waals surface area contributed by atoms with Gasteiger partial charge in [0.15, 0.2) is 22.9 Å². The highest BCUT2D eigenvalue weighted by Gasteiger charge is 2.10. The minimum atomic E-state index is 0.474. The maximum Gasteiger partial charge on any atom is 0.250 e. The normalized spacial score (nSPS) is 10.4. The Kier molecular flexibility index (Phi) is 8.80. The Morgan fingerprint density at radius 1 is 0.420 bits per heavy atom. The first-order chi connectivity index (χ1) is 24.6. The molecule has 0 radical (unpaired) electrons. The predicted octanol–water partition coefficient (Wildman–Crippen LogP) is 6.97. The predicted molar refractivity (Wildman–Crippen MR) is 190 cm³/mol. The Morgan fingerprint density at radius 3 is 1.42 bits per heavy atom. The Morgan fingerprint density at radius 2 is 0.900 bits per heavy atom. The lowest BCUT2D eigenvalue weighted by Gasteiger charge is -2.07. The molecule has 4 aromatic carbocycles. The van der Waals surface area contributed by atoms with Gasteiger partial charge in [0.25, 0.3) is 11.9 Å². The fourth-order valence-electron chi connectivity index (χ4n) is 4.76. The third-order valence-electron chi connectivity index (χ3n) is 7.14. The van der Waals surface area contributed by atoms with Gasteiger partial charge >= 0.3 is 0 Å². The van der Waals surface area contributed by atoms with E-state index in [4.69, 9.17) is 10.5 Å². The molecule has 0 saturated carbocycles. The van der Waals surface area contributed by atoms with Gasteiger partial charge in [-0.05, 0) is 91.0 Å². The van der Waals surface area contributed by atoms with Crippen molar-refractivity contribution in [3.8, 4) is 12.1 Å². The summed E-state index contributed by atoms with van der Waals surface area (Å²) in [6.45, 7) is 0. The van der Waals surface area contributed by atoms with E-state index in [0.29, 0.717) is 46.0 Å². The van der Waals surface area contributed by atoms with Crippen molar-refractivity contribution in [3.63, 3.8) is 0 Å². The molecule has 4 aromatic heterocycles. The highest BCUT2D eigenvalue weighted by molar-refractivity contribution is 5.62. The molecule has 14 nitrogen and oxygen atoms in total. The largest absolute Gasteiger partial charge is 0.339 e. The lowest BCUT2D eigenvalue weighted by atomic mass is 10.2. The van der Waals surface area contributed by atoms with Gasteiger partial charge in [-0.1, -0.05) is 42.5 Å². The average Bonchev–Trinajstić information content (AvgIpc) is 3.76. The summed E-state index contributed by atoms with van der Waals surface area (Å²) < 4.78 is 3.24. The molecule has 0 saturated heterocycles. The zero-order valence-electron chi connectivity index (χ0n) is 26.2. The van der Waals surface area contributed by atoms with Crippen LogP contribution in [0.1, 0.15) is 11.1 Å². The molecule has 14 heteroatoms. The zero-order valence-corrected chi connectivity index (χ0v) is 26.2. The lowest BCUT2D eigenvalue weighted by Crippen LogP contribution is -2.03. The molecule has 0 spiro atoms. The number of aromatic nitrogens is 8. The van der Waals surface area contributed by atoms with Crippen LogP contribution in [0.25, 0.3) is 11.3 Å². The van der Waals surface area contributed by atoms with Crippen molar-refractivity contribution >= 4 is 57.6 Å². The quantitative estimate of drug-likeness (QED) is 0.132. The Bertz CT molecular complexity index is 2460. The smallest absolute Gasteiger partial charge is 0.250 e. The van der Waals surface area contributed by atoms with Gasteiger partial charge in [0.1, 0.15) is 0 Å². The molecule has 50 heavy (non-hydrogen) atoms. The van der Waals surface area contributed by atoms with Crippen molar-refractivity contribution in [1.82, 2.24) is 39.6 Å². The summed E-state index contributed by atoms with van der Waals surface area (Å²) >= 11 is 0. The van der Waals surface area contributed by atoms with E-state index in [9.17, 15) is 0 Å². The van der Waals surface area contributed by atoms with E-state index in [0.717, 1.165) is 22.7 Å². The monoisotopic (exact) mass is 654 g/mol. The first kappa shape index (κ1) is 30.8. The van der Waals surface area contributed by atoms with Gasteiger partial charge in [-0.3, -0.25) is 0 Å². The molecule has 240 valence electrons. The number of rotatable bonds is 8. The number of nitrogens with zero attached hydrogens (tertiary/aromatic N) is 10. The van der Waals surface area contributed by atoms with E-state index in [-0.39, 0.29) is 0 Å². The molecule has 0 aliphatic rings. The summed E-state index contributed by atoms with van der Waals surface area (Å²) in [5.41, 5.74) is 5.87. The average molecular weight is 655 g/mol. The maximum atomic E-state index is 9.00. The third-order valence-corrected chi connectivity index (χ3v) is 7.14. The van der Waals surface area contributed by atoms with Crippen LogP contribution >= 0.6 is 0 Å². The molecule has 0 atom stereocenters. The molecule has 0 unspecified atom stereocenters. The Hall–Kier alpha value is -7.84. The number of anilines is 8. The van der Waals surface area contributed by atoms with Crippen LogP contribution in [0.3, 0.4) is 0 Å². The molecule has 8 aromatic rings. The summed E-state index contributed by atoms with van der Waals surface area (Å²) in [4.78, 5) is 0. The van der Waals surface area contributed by atoms with Crippen molar-refractivity contribution in [3.05, 3.63) is 145 Å². The molecule has 0 amide bonds. The molecule has 0 aliphatic heterocycles. The number of nitriles is 2. The SMILES string of the molecule is N#Cc1ccc(Nc2nnc3ccc(Nc4ccccc4)nn23)cc1.N#Cc1cccc(Nc2nnc3ccc(Nc4ccccc4)nn23)c1. The van der Waals surface area contributed by atoms with Gasteiger partial charge in [0.05, 0.1) is 23.3 Å². The van der Waals surface area contributed by atoms with Crippen molar-refractivity contribution in [2.45, 2.75) is 0 Å². The van der Waals surface area contributed by atoms with Crippen LogP contribution in [0.15, 0.2) is 133 Å². The van der Waals surface area contributed by atoms with Crippen LogP contribution < -0.4 is 21.3 Å². The van der Waals surface area contributed by atoms with Crippen LogP contribution in [-0.4, -0.2) is 39.6 Å². The molecule has 8 rings (SSSR count). The van der Waals surface area contributed by atoms with Crippen LogP contribution in [0.2, 0.25) is 0 Å². The van der Waals surface area contributed by atoms with E-state index in [1.807, 2.05) is 103 Å². The van der Waals surface area contributed by atoms with Crippen molar-refractivity contribution < 1.29 is 0 Å². The van der Waals surface area contributed by atoms with Gasteiger partial charge in [0, 0.05) is 22.7 Å². The van der Waals surface area contributed by atoms with Gasteiger partial charge < -0.3 is 21.3 Å². The van der Waals surface area contributed by atoms with Crippen molar-refractivity contribution in [1.29, 1.82) is 10.5 Å². The highest BCUT2D eigenvalue weighted by Crippen LogP contribution is 2.21. The number of fused-ring (bicyclic) bond motifs is 2. The van der Waals surface area contributed by atoms with E-state index >= 15 is 0 Å². The van der Waals surface area contributed by atoms with E-state index in [2.05, 4.69) is 64.0 Å².